The molecule has 0 unspecified atom stereocenters. The van der Waals surface area contributed by atoms with E-state index in [9.17, 15) is 8.42 Å². The Balaban J connectivity index is 2.70. The molecule has 4 nitrogen and oxygen atoms in total. The minimum Gasteiger partial charge on any atom is -0.300 e. The van der Waals surface area contributed by atoms with Crippen LogP contribution in [0.1, 0.15) is 5.56 Å². The van der Waals surface area contributed by atoms with Crippen LogP contribution in [0.2, 0.25) is 0 Å². The van der Waals surface area contributed by atoms with Crippen molar-refractivity contribution in [2.75, 3.05) is 12.8 Å². The van der Waals surface area contributed by atoms with E-state index in [1.807, 2.05) is 6.07 Å². The zero-order valence-electron chi connectivity index (χ0n) is 8.40. The summed E-state index contributed by atoms with van der Waals surface area (Å²) in [6, 6.07) is 8.58. The highest BCUT2D eigenvalue weighted by atomic mass is 32.2. The van der Waals surface area contributed by atoms with Crippen LogP contribution in [0.5, 0.6) is 0 Å². The molecule has 0 saturated heterocycles. The van der Waals surface area contributed by atoms with Crippen LogP contribution in [-0.2, 0) is 16.4 Å². The number of rotatable bonds is 4. The Morgan fingerprint density at radius 3 is 2.40 bits per heavy atom. The van der Waals surface area contributed by atoms with E-state index in [0.29, 0.717) is 11.4 Å². The first kappa shape index (κ1) is 11.7. The van der Waals surface area contributed by atoms with Crippen LogP contribution in [-0.4, -0.2) is 21.2 Å². The van der Waals surface area contributed by atoms with E-state index in [-0.39, 0.29) is 6.54 Å². The second kappa shape index (κ2) is 4.91. The predicted molar refractivity (Wildman–Crippen MR) is 56.9 cm³/mol. The molecule has 15 heavy (non-hydrogen) atoms. The number of hydrogen-bond acceptors (Lipinski definition) is 4. The predicted octanol–water partition coefficient (Wildman–Crippen LogP) is 0.703. The molecule has 0 aliphatic heterocycles. The van der Waals surface area contributed by atoms with Crippen molar-refractivity contribution in [2.45, 2.75) is 11.4 Å². The Hall–Kier alpha value is -1.38. The van der Waals surface area contributed by atoms with Gasteiger partial charge in [-0.05, 0) is 17.7 Å². The number of nitrogens with zero attached hydrogens (tertiary/aromatic N) is 1. The van der Waals surface area contributed by atoms with Crippen molar-refractivity contribution in [3.63, 3.8) is 0 Å². The molecule has 0 amide bonds. The summed E-state index contributed by atoms with van der Waals surface area (Å²) in [7, 11) is -3.12. The van der Waals surface area contributed by atoms with Crippen LogP contribution in [0.4, 0.5) is 0 Å². The lowest BCUT2D eigenvalue weighted by atomic mass is 10.2. The van der Waals surface area contributed by atoms with Gasteiger partial charge in [-0.2, -0.15) is 5.26 Å². The molecule has 0 aliphatic rings. The van der Waals surface area contributed by atoms with Gasteiger partial charge in [0, 0.05) is 12.8 Å². The van der Waals surface area contributed by atoms with Crippen molar-refractivity contribution in [2.24, 2.45) is 0 Å². The van der Waals surface area contributed by atoms with Crippen LogP contribution in [0.25, 0.3) is 0 Å². The van der Waals surface area contributed by atoms with Crippen LogP contribution in [0.15, 0.2) is 29.2 Å². The summed E-state index contributed by atoms with van der Waals surface area (Å²) < 4.78 is 22.3. The van der Waals surface area contributed by atoms with E-state index < -0.39 is 9.84 Å². The Morgan fingerprint density at radius 1 is 1.33 bits per heavy atom. The monoisotopic (exact) mass is 224 g/mol. The second-order valence-corrected chi connectivity index (χ2v) is 5.19. The summed E-state index contributed by atoms with van der Waals surface area (Å²) in [5.41, 5.74) is 0.956. The van der Waals surface area contributed by atoms with Crippen molar-refractivity contribution in [3.05, 3.63) is 29.8 Å². The van der Waals surface area contributed by atoms with Crippen molar-refractivity contribution < 1.29 is 8.42 Å². The number of benzene rings is 1. The maximum Gasteiger partial charge on any atom is 0.175 e. The van der Waals surface area contributed by atoms with Crippen LogP contribution >= 0.6 is 0 Å². The Kier molecular flexibility index (Phi) is 3.83. The Labute approximate surface area is 89.5 Å². The average molecular weight is 224 g/mol. The molecule has 0 bridgehead atoms. The highest BCUT2D eigenvalue weighted by molar-refractivity contribution is 7.90. The van der Waals surface area contributed by atoms with Gasteiger partial charge in [-0.25, -0.2) is 8.42 Å². The van der Waals surface area contributed by atoms with Crippen molar-refractivity contribution in [1.29, 1.82) is 5.26 Å². The lowest BCUT2D eigenvalue weighted by Crippen LogP contribution is -2.12. The van der Waals surface area contributed by atoms with Crippen molar-refractivity contribution in [1.82, 2.24) is 5.32 Å². The van der Waals surface area contributed by atoms with Gasteiger partial charge >= 0.3 is 0 Å². The van der Waals surface area contributed by atoms with Gasteiger partial charge in [-0.3, -0.25) is 0 Å². The molecule has 1 aromatic rings. The fourth-order valence-electron chi connectivity index (χ4n) is 1.12. The summed E-state index contributed by atoms with van der Waals surface area (Å²) in [4.78, 5) is 0.312. The summed E-state index contributed by atoms with van der Waals surface area (Å²) >= 11 is 0. The first-order valence-electron chi connectivity index (χ1n) is 4.40. The standard InChI is InChI=1S/C10H12N2O2S/c1-15(13,14)10-4-2-9(3-5-10)8-12-7-6-11/h2-5,12H,7-8H2,1H3. The molecule has 0 aliphatic carbocycles. The maximum atomic E-state index is 11.1. The minimum atomic E-state index is -3.12. The number of nitriles is 1. The molecule has 1 N–H and O–H groups in total. The Morgan fingerprint density at radius 2 is 1.93 bits per heavy atom. The van der Waals surface area contributed by atoms with E-state index in [0.717, 1.165) is 5.56 Å². The fourth-order valence-corrected chi connectivity index (χ4v) is 1.75. The summed E-state index contributed by atoms with van der Waals surface area (Å²) in [6.07, 6.45) is 1.18. The van der Waals surface area contributed by atoms with Crippen molar-refractivity contribution in [3.8, 4) is 6.07 Å². The molecule has 0 aromatic heterocycles. The van der Waals surface area contributed by atoms with Crippen molar-refractivity contribution >= 4 is 9.84 Å². The van der Waals surface area contributed by atoms with Gasteiger partial charge in [0.05, 0.1) is 17.5 Å². The maximum absolute atomic E-state index is 11.1. The molecule has 0 spiro atoms. The van der Waals surface area contributed by atoms with E-state index in [2.05, 4.69) is 5.32 Å². The van der Waals surface area contributed by atoms with Gasteiger partial charge in [-0.1, -0.05) is 12.1 Å². The molecule has 80 valence electrons. The molecule has 1 aromatic carbocycles. The SMILES string of the molecule is CS(=O)(=O)c1ccc(CNCC#N)cc1. The van der Waals surface area contributed by atoms with Crippen LogP contribution in [0.3, 0.4) is 0 Å². The third-order valence-corrected chi connectivity index (χ3v) is 3.01. The van der Waals surface area contributed by atoms with Crippen LogP contribution in [0, 0.1) is 11.3 Å². The lowest BCUT2D eigenvalue weighted by Gasteiger charge is -2.02. The average Bonchev–Trinajstić information content (AvgIpc) is 2.18. The van der Waals surface area contributed by atoms with Gasteiger partial charge in [0.15, 0.2) is 9.84 Å². The second-order valence-electron chi connectivity index (χ2n) is 3.18. The van der Waals surface area contributed by atoms with Gasteiger partial charge in [-0.15, -0.1) is 0 Å². The largest absolute Gasteiger partial charge is 0.300 e. The summed E-state index contributed by atoms with van der Waals surface area (Å²) in [6.45, 7) is 0.853. The molecule has 0 atom stereocenters. The Bertz CT molecular complexity index is 457. The molecule has 0 heterocycles. The van der Waals surface area contributed by atoms with Gasteiger partial charge in [0.1, 0.15) is 0 Å². The molecule has 0 saturated carbocycles. The topological polar surface area (TPSA) is 70.0 Å². The van der Waals surface area contributed by atoms with Crippen LogP contribution < -0.4 is 5.32 Å². The molecular weight excluding hydrogens is 212 g/mol. The fraction of sp³-hybridized carbons (Fsp3) is 0.300. The highest BCUT2D eigenvalue weighted by Gasteiger charge is 2.05. The first-order valence-corrected chi connectivity index (χ1v) is 6.30. The molecule has 0 radical (unpaired) electrons. The van der Waals surface area contributed by atoms with E-state index in [4.69, 9.17) is 5.26 Å². The third-order valence-electron chi connectivity index (χ3n) is 1.88. The zero-order chi connectivity index (χ0) is 11.3. The number of sulfone groups is 1. The molecular formula is C10H12N2O2S. The smallest absolute Gasteiger partial charge is 0.175 e. The first-order chi connectivity index (χ1) is 7.04. The van der Waals surface area contributed by atoms with Gasteiger partial charge in [0.2, 0.25) is 0 Å². The highest BCUT2D eigenvalue weighted by Crippen LogP contribution is 2.09. The third kappa shape index (κ3) is 3.70. The summed E-state index contributed by atoms with van der Waals surface area (Å²) in [5.74, 6) is 0. The van der Waals surface area contributed by atoms with E-state index in [1.165, 1.54) is 6.26 Å². The summed E-state index contributed by atoms with van der Waals surface area (Å²) in [5, 5.41) is 11.2. The lowest BCUT2D eigenvalue weighted by molar-refractivity contribution is 0.602. The van der Waals surface area contributed by atoms with E-state index in [1.54, 1.807) is 24.3 Å². The van der Waals surface area contributed by atoms with Gasteiger partial charge in [0.25, 0.3) is 0 Å². The number of hydrogen-bond donors (Lipinski definition) is 1. The molecule has 0 fully saturated rings. The number of nitrogens with one attached hydrogen (secondary N) is 1. The minimum absolute atomic E-state index is 0.286. The molecule has 1 rings (SSSR count). The molecule has 5 heteroatoms. The van der Waals surface area contributed by atoms with E-state index >= 15 is 0 Å². The normalized spacial score (nSPS) is 10.9. The quantitative estimate of drug-likeness (QED) is 0.604. The zero-order valence-corrected chi connectivity index (χ0v) is 9.21. The van der Waals surface area contributed by atoms with Gasteiger partial charge < -0.3 is 5.32 Å².